The number of halogens is 2. The summed E-state index contributed by atoms with van der Waals surface area (Å²) in [6, 6.07) is 6.04. The molecule has 1 aromatic carbocycles. The Bertz CT molecular complexity index is 612. The molecule has 0 aliphatic rings. The van der Waals surface area contributed by atoms with Crippen LogP contribution in [-0.2, 0) is 23.6 Å². The largest absolute Gasteiger partial charge is 0.257 e. The molecule has 1 heterocycles. The first-order valence-electron chi connectivity index (χ1n) is 5.31. The van der Waals surface area contributed by atoms with Gasteiger partial charge in [0, 0.05) is 12.6 Å². The Kier molecular flexibility index (Phi) is 3.82. The average Bonchev–Trinajstić information content (AvgIpc) is 2.56. The van der Waals surface area contributed by atoms with Crippen LogP contribution >= 0.6 is 11.6 Å². The van der Waals surface area contributed by atoms with Gasteiger partial charge in [-0.25, -0.2) is 4.39 Å². The van der Waals surface area contributed by atoms with Gasteiger partial charge in [0.05, 0.1) is 27.1 Å². The van der Waals surface area contributed by atoms with E-state index in [1.807, 2.05) is 0 Å². The third-order valence-electron chi connectivity index (χ3n) is 2.63. The molecule has 2 aromatic rings. The highest BCUT2D eigenvalue weighted by atomic mass is 35.5. The minimum atomic E-state index is -1.47. The molecule has 1 aromatic heterocycles. The lowest BCUT2D eigenvalue weighted by Gasteiger charge is -2.03. The van der Waals surface area contributed by atoms with Gasteiger partial charge in [-0.3, -0.25) is 8.89 Å². The lowest BCUT2D eigenvalue weighted by molar-refractivity contribution is 0.595. The molecule has 0 saturated heterocycles. The number of hydrogen-bond donors (Lipinski definition) is 0. The fourth-order valence-electron chi connectivity index (χ4n) is 1.68. The molecule has 1 atom stereocenters. The molecule has 96 valence electrons. The summed E-state index contributed by atoms with van der Waals surface area (Å²) in [6.07, 6.45) is 0. The molecule has 0 amide bonds. The maximum Gasteiger partial charge on any atom is 0.139 e. The monoisotopic (exact) mass is 286 g/mol. The van der Waals surface area contributed by atoms with E-state index in [1.54, 1.807) is 26.1 Å². The second-order valence-corrected chi connectivity index (χ2v) is 5.68. The smallest absolute Gasteiger partial charge is 0.139 e. The summed E-state index contributed by atoms with van der Waals surface area (Å²) in [4.78, 5) is 0.191. The summed E-state index contributed by atoms with van der Waals surface area (Å²) < 4.78 is 27.1. The Labute approximate surface area is 112 Å². The van der Waals surface area contributed by atoms with Gasteiger partial charge < -0.3 is 0 Å². The number of benzene rings is 1. The van der Waals surface area contributed by atoms with E-state index in [9.17, 15) is 8.60 Å². The second-order valence-electron chi connectivity index (χ2n) is 3.90. The predicted octanol–water partition coefficient (Wildman–Crippen LogP) is 2.83. The summed E-state index contributed by atoms with van der Waals surface area (Å²) in [5.41, 5.74) is 1.41. The molecule has 6 heteroatoms. The Morgan fingerprint density at radius 3 is 2.67 bits per heavy atom. The number of aryl methyl sites for hydroxylation is 2. The fourth-order valence-corrected chi connectivity index (χ4v) is 3.28. The molecule has 0 spiro atoms. The standard InChI is InChI=1S/C12H12ClFN2OS/c1-8-9(12(13)16(2)15-8)7-18(17)11-6-4-3-5-10(11)14/h3-6H,7H2,1-2H3. The van der Waals surface area contributed by atoms with Gasteiger partial charge in [-0.15, -0.1) is 0 Å². The van der Waals surface area contributed by atoms with Gasteiger partial charge in [0.1, 0.15) is 11.0 Å². The van der Waals surface area contributed by atoms with E-state index in [-0.39, 0.29) is 10.6 Å². The van der Waals surface area contributed by atoms with E-state index in [0.29, 0.717) is 16.4 Å². The summed E-state index contributed by atoms with van der Waals surface area (Å²) in [6.45, 7) is 1.79. The topological polar surface area (TPSA) is 34.9 Å². The number of hydrogen-bond acceptors (Lipinski definition) is 2. The molecule has 2 rings (SSSR count). The molecule has 3 nitrogen and oxygen atoms in total. The Morgan fingerprint density at radius 1 is 1.44 bits per heavy atom. The first-order valence-corrected chi connectivity index (χ1v) is 7.01. The molecule has 0 radical (unpaired) electrons. The molecule has 0 aliphatic carbocycles. The maximum absolute atomic E-state index is 13.5. The van der Waals surface area contributed by atoms with Crippen LogP contribution in [0.3, 0.4) is 0 Å². The normalized spacial score (nSPS) is 12.7. The van der Waals surface area contributed by atoms with Crippen molar-refractivity contribution in [3.63, 3.8) is 0 Å². The van der Waals surface area contributed by atoms with Crippen molar-refractivity contribution in [2.75, 3.05) is 0 Å². The van der Waals surface area contributed by atoms with Crippen molar-refractivity contribution in [2.45, 2.75) is 17.6 Å². The summed E-state index contributed by atoms with van der Waals surface area (Å²) in [7, 11) is 0.247. The van der Waals surface area contributed by atoms with Crippen LogP contribution in [0.15, 0.2) is 29.2 Å². The van der Waals surface area contributed by atoms with E-state index in [1.165, 1.54) is 16.8 Å². The van der Waals surface area contributed by atoms with Crippen molar-refractivity contribution in [2.24, 2.45) is 7.05 Å². The zero-order valence-electron chi connectivity index (χ0n) is 9.98. The van der Waals surface area contributed by atoms with Crippen LogP contribution in [0.4, 0.5) is 4.39 Å². The van der Waals surface area contributed by atoms with Crippen molar-refractivity contribution in [1.82, 2.24) is 9.78 Å². The molecule has 0 bridgehead atoms. The summed E-state index contributed by atoms with van der Waals surface area (Å²) in [5.74, 6) is -0.298. The summed E-state index contributed by atoms with van der Waals surface area (Å²) >= 11 is 6.06. The van der Waals surface area contributed by atoms with Gasteiger partial charge in [-0.05, 0) is 19.1 Å². The molecule has 0 N–H and O–H groups in total. The minimum Gasteiger partial charge on any atom is -0.257 e. The van der Waals surface area contributed by atoms with Crippen molar-refractivity contribution in [1.29, 1.82) is 0 Å². The van der Waals surface area contributed by atoms with Crippen molar-refractivity contribution in [3.05, 3.63) is 46.5 Å². The van der Waals surface area contributed by atoms with Crippen molar-refractivity contribution >= 4 is 22.4 Å². The highest BCUT2D eigenvalue weighted by Crippen LogP contribution is 2.23. The van der Waals surface area contributed by atoms with Gasteiger partial charge >= 0.3 is 0 Å². The van der Waals surface area contributed by atoms with Gasteiger partial charge in [-0.2, -0.15) is 5.10 Å². The molecular formula is C12H12ClFN2OS. The Morgan fingerprint density at radius 2 is 2.11 bits per heavy atom. The number of rotatable bonds is 3. The molecule has 1 unspecified atom stereocenters. The predicted molar refractivity (Wildman–Crippen MR) is 69.5 cm³/mol. The third-order valence-corrected chi connectivity index (χ3v) is 4.47. The molecule has 18 heavy (non-hydrogen) atoms. The van der Waals surface area contributed by atoms with E-state index in [4.69, 9.17) is 11.6 Å². The Hall–Kier alpha value is -1.20. The zero-order chi connectivity index (χ0) is 13.3. The van der Waals surface area contributed by atoms with Crippen molar-refractivity contribution in [3.8, 4) is 0 Å². The number of nitrogens with zero attached hydrogens (tertiary/aromatic N) is 2. The van der Waals surface area contributed by atoms with Gasteiger partial charge in [0.2, 0.25) is 0 Å². The van der Waals surface area contributed by atoms with Crippen LogP contribution in [0, 0.1) is 12.7 Å². The van der Waals surface area contributed by atoms with Crippen LogP contribution < -0.4 is 0 Å². The lowest BCUT2D eigenvalue weighted by atomic mass is 10.3. The third kappa shape index (κ3) is 2.47. The van der Waals surface area contributed by atoms with E-state index >= 15 is 0 Å². The maximum atomic E-state index is 13.5. The summed E-state index contributed by atoms with van der Waals surface area (Å²) in [5, 5.41) is 4.58. The quantitative estimate of drug-likeness (QED) is 0.870. The molecule has 0 saturated carbocycles. The molecule has 0 aliphatic heterocycles. The van der Waals surface area contributed by atoms with Gasteiger partial charge in [-0.1, -0.05) is 23.7 Å². The lowest BCUT2D eigenvalue weighted by Crippen LogP contribution is -2.00. The first kappa shape index (κ1) is 13.2. The van der Waals surface area contributed by atoms with Crippen LogP contribution in [0.1, 0.15) is 11.3 Å². The molecular weight excluding hydrogens is 275 g/mol. The van der Waals surface area contributed by atoms with Gasteiger partial charge in [0.25, 0.3) is 0 Å². The van der Waals surface area contributed by atoms with Crippen LogP contribution in [0.5, 0.6) is 0 Å². The van der Waals surface area contributed by atoms with E-state index in [2.05, 4.69) is 5.10 Å². The van der Waals surface area contributed by atoms with Crippen LogP contribution in [-0.4, -0.2) is 14.0 Å². The van der Waals surface area contributed by atoms with E-state index in [0.717, 1.165) is 0 Å². The Balaban J connectivity index is 2.30. The highest BCUT2D eigenvalue weighted by Gasteiger charge is 2.17. The van der Waals surface area contributed by atoms with E-state index < -0.39 is 16.6 Å². The van der Waals surface area contributed by atoms with Gasteiger partial charge in [0.15, 0.2) is 0 Å². The van der Waals surface area contributed by atoms with Crippen LogP contribution in [0.25, 0.3) is 0 Å². The average molecular weight is 287 g/mol. The zero-order valence-corrected chi connectivity index (χ0v) is 11.6. The molecule has 0 fully saturated rings. The highest BCUT2D eigenvalue weighted by molar-refractivity contribution is 7.84. The van der Waals surface area contributed by atoms with Crippen LogP contribution in [0.2, 0.25) is 5.15 Å². The van der Waals surface area contributed by atoms with Crippen molar-refractivity contribution < 1.29 is 8.60 Å². The fraction of sp³-hybridized carbons (Fsp3) is 0.250. The number of aromatic nitrogens is 2. The minimum absolute atomic E-state index is 0.166. The first-order chi connectivity index (χ1) is 8.50. The SMILES string of the molecule is Cc1nn(C)c(Cl)c1CS(=O)c1ccccc1F. The second kappa shape index (κ2) is 5.20.